The van der Waals surface area contributed by atoms with E-state index in [1.807, 2.05) is 37.3 Å². The molecule has 0 amide bonds. The van der Waals surface area contributed by atoms with Gasteiger partial charge in [0, 0.05) is 21.7 Å². The third-order valence-electron chi connectivity index (χ3n) is 5.33. The topological polar surface area (TPSA) is 38.3 Å². The lowest BCUT2D eigenvalue weighted by Crippen LogP contribution is -2.29. The lowest BCUT2D eigenvalue weighted by atomic mass is 9.76. The summed E-state index contributed by atoms with van der Waals surface area (Å²) in [6.07, 6.45) is 6.23. The van der Waals surface area contributed by atoms with Crippen LogP contribution in [-0.2, 0) is 4.74 Å². The van der Waals surface area contributed by atoms with Gasteiger partial charge in [0.2, 0.25) is 0 Å². The number of ether oxygens (including phenoxy) is 1. The van der Waals surface area contributed by atoms with E-state index in [4.69, 9.17) is 27.9 Å². The number of nitrogens with one attached hydrogen (secondary N) is 1. The normalized spacial score (nSPS) is 22.7. The Bertz CT molecular complexity index is 909. The molecule has 3 nitrogen and oxygen atoms in total. The second kappa shape index (κ2) is 7.57. The first-order chi connectivity index (χ1) is 13.1. The molecule has 5 heteroatoms. The molecule has 3 unspecified atom stereocenters. The zero-order valence-corrected chi connectivity index (χ0v) is 16.6. The SMILES string of the molecule is CCCOC(=O)c1ccc2c(c1)C1C=CCC1C(c1ccc(Cl)cc1Cl)N2. The average molecular weight is 402 g/mol. The minimum Gasteiger partial charge on any atom is -0.462 e. The number of rotatable bonds is 4. The molecule has 1 aliphatic carbocycles. The molecule has 0 radical (unpaired) electrons. The quantitative estimate of drug-likeness (QED) is 0.476. The van der Waals surface area contributed by atoms with Crippen LogP contribution in [0.4, 0.5) is 5.69 Å². The van der Waals surface area contributed by atoms with E-state index in [0.29, 0.717) is 28.1 Å². The number of fused-ring (bicyclic) bond motifs is 3. The predicted molar refractivity (Wildman–Crippen MR) is 110 cm³/mol. The number of carbonyl (C=O) groups is 1. The van der Waals surface area contributed by atoms with Crippen LogP contribution in [-0.4, -0.2) is 12.6 Å². The van der Waals surface area contributed by atoms with Crippen LogP contribution in [0.1, 0.15) is 53.2 Å². The summed E-state index contributed by atoms with van der Waals surface area (Å²) >= 11 is 12.6. The van der Waals surface area contributed by atoms with E-state index in [2.05, 4.69) is 17.5 Å². The van der Waals surface area contributed by atoms with Crippen LogP contribution in [0.5, 0.6) is 0 Å². The molecule has 140 valence electrons. The highest BCUT2D eigenvalue weighted by Gasteiger charge is 2.38. The van der Waals surface area contributed by atoms with Crippen LogP contribution in [0.25, 0.3) is 0 Å². The maximum Gasteiger partial charge on any atom is 0.338 e. The number of anilines is 1. The number of halogens is 2. The van der Waals surface area contributed by atoms with Gasteiger partial charge in [-0.05, 0) is 60.2 Å². The van der Waals surface area contributed by atoms with Gasteiger partial charge in [-0.15, -0.1) is 0 Å². The summed E-state index contributed by atoms with van der Waals surface area (Å²) in [4.78, 5) is 12.3. The second-order valence-corrected chi connectivity index (χ2v) is 7.92. The number of hydrogen-bond donors (Lipinski definition) is 1. The molecule has 1 N–H and O–H groups in total. The van der Waals surface area contributed by atoms with E-state index in [0.717, 1.165) is 29.7 Å². The molecule has 0 aromatic heterocycles. The molecule has 0 fully saturated rings. The maximum atomic E-state index is 12.3. The fraction of sp³-hybridized carbons (Fsp3) is 0.318. The van der Waals surface area contributed by atoms with E-state index in [9.17, 15) is 4.79 Å². The van der Waals surface area contributed by atoms with E-state index in [1.165, 1.54) is 0 Å². The fourth-order valence-electron chi connectivity index (χ4n) is 4.06. The molecule has 0 saturated heterocycles. The summed E-state index contributed by atoms with van der Waals surface area (Å²) in [5.41, 5.74) is 3.83. The Morgan fingerprint density at radius 2 is 2.04 bits per heavy atom. The summed E-state index contributed by atoms with van der Waals surface area (Å²) < 4.78 is 5.29. The van der Waals surface area contributed by atoms with Crippen LogP contribution in [0, 0.1) is 5.92 Å². The van der Waals surface area contributed by atoms with Crippen molar-refractivity contribution in [3.8, 4) is 0 Å². The van der Waals surface area contributed by atoms with Gasteiger partial charge in [-0.3, -0.25) is 0 Å². The van der Waals surface area contributed by atoms with E-state index in [1.54, 1.807) is 6.07 Å². The monoisotopic (exact) mass is 401 g/mol. The van der Waals surface area contributed by atoms with Gasteiger partial charge in [0.05, 0.1) is 18.2 Å². The zero-order valence-electron chi connectivity index (χ0n) is 15.0. The number of benzene rings is 2. The van der Waals surface area contributed by atoms with Crippen molar-refractivity contribution in [3.63, 3.8) is 0 Å². The van der Waals surface area contributed by atoms with E-state index >= 15 is 0 Å². The van der Waals surface area contributed by atoms with Gasteiger partial charge in [-0.25, -0.2) is 4.79 Å². The number of allylic oxidation sites excluding steroid dienone is 2. The van der Waals surface area contributed by atoms with Crippen molar-refractivity contribution in [1.29, 1.82) is 0 Å². The molecule has 1 heterocycles. The Balaban J connectivity index is 1.69. The Morgan fingerprint density at radius 3 is 2.81 bits per heavy atom. The van der Waals surface area contributed by atoms with Gasteiger partial charge in [0.1, 0.15) is 0 Å². The van der Waals surface area contributed by atoms with Crippen LogP contribution < -0.4 is 5.32 Å². The Hall–Kier alpha value is -1.97. The standard InChI is InChI=1S/C22H21Cl2NO2/c1-2-10-27-22(26)13-6-9-20-18(11-13)15-4-3-5-16(15)21(25-20)17-8-7-14(23)12-19(17)24/h3-4,6-9,11-12,15-16,21,25H,2,5,10H2,1H3. The van der Waals surface area contributed by atoms with Crippen molar-refractivity contribution in [3.05, 3.63) is 75.3 Å². The molecule has 1 aliphatic heterocycles. The van der Waals surface area contributed by atoms with Crippen molar-refractivity contribution in [2.45, 2.75) is 31.7 Å². The summed E-state index contributed by atoms with van der Waals surface area (Å²) in [7, 11) is 0. The summed E-state index contributed by atoms with van der Waals surface area (Å²) in [5, 5.41) is 4.94. The molecule has 3 atom stereocenters. The van der Waals surface area contributed by atoms with E-state index in [-0.39, 0.29) is 17.9 Å². The lowest BCUT2D eigenvalue weighted by molar-refractivity contribution is 0.0505. The van der Waals surface area contributed by atoms with Crippen LogP contribution in [0.3, 0.4) is 0 Å². The van der Waals surface area contributed by atoms with Gasteiger partial charge < -0.3 is 10.1 Å². The first-order valence-corrected chi connectivity index (χ1v) is 10.0. The van der Waals surface area contributed by atoms with Gasteiger partial charge in [-0.1, -0.05) is 48.3 Å². The smallest absolute Gasteiger partial charge is 0.338 e. The minimum atomic E-state index is -0.263. The molecular weight excluding hydrogens is 381 g/mol. The summed E-state index contributed by atoms with van der Waals surface area (Å²) in [6, 6.07) is 11.5. The van der Waals surface area contributed by atoms with Crippen LogP contribution >= 0.6 is 23.2 Å². The third-order valence-corrected chi connectivity index (χ3v) is 5.90. The van der Waals surface area contributed by atoms with Crippen molar-refractivity contribution in [2.24, 2.45) is 5.92 Å². The zero-order chi connectivity index (χ0) is 19.0. The number of esters is 1. The first-order valence-electron chi connectivity index (χ1n) is 9.27. The van der Waals surface area contributed by atoms with Crippen LogP contribution in [0.15, 0.2) is 48.6 Å². The molecule has 2 aliphatic rings. The maximum absolute atomic E-state index is 12.3. The molecule has 0 saturated carbocycles. The molecule has 2 aromatic carbocycles. The molecular formula is C22H21Cl2NO2. The van der Waals surface area contributed by atoms with Gasteiger partial charge in [0.15, 0.2) is 0 Å². The molecule has 0 bridgehead atoms. The molecule has 2 aromatic rings. The minimum absolute atomic E-state index is 0.0974. The van der Waals surface area contributed by atoms with Crippen molar-refractivity contribution >= 4 is 34.9 Å². The highest BCUT2D eigenvalue weighted by Crippen LogP contribution is 2.51. The van der Waals surface area contributed by atoms with Crippen LogP contribution in [0.2, 0.25) is 10.0 Å². The first kappa shape index (κ1) is 18.4. The lowest BCUT2D eigenvalue weighted by Gasteiger charge is -2.38. The van der Waals surface area contributed by atoms with Crippen molar-refractivity contribution in [2.75, 3.05) is 11.9 Å². The highest BCUT2D eigenvalue weighted by molar-refractivity contribution is 6.35. The molecule has 0 spiro atoms. The second-order valence-electron chi connectivity index (χ2n) is 7.08. The Morgan fingerprint density at radius 1 is 1.19 bits per heavy atom. The predicted octanol–water partition coefficient (Wildman–Crippen LogP) is 6.39. The number of hydrogen-bond acceptors (Lipinski definition) is 3. The molecule has 4 rings (SSSR count). The Labute approximate surface area is 169 Å². The third kappa shape index (κ3) is 3.46. The van der Waals surface area contributed by atoms with Gasteiger partial charge >= 0.3 is 5.97 Å². The summed E-state index contributed by atoms with van der Waals surface area (Å²) in [5.74, 6) is 0.330. The highest BCUT2D eigenvalue weighted by atomic mass is 35.5. The summed E-state index contributed by atoms with van der Waals surface area (Å²) in [6.45, 7) is 2.43. The van der Waals surface area contributed by atoms with Gasteiger partial charge in [-0.2, -0.15) is 0 Å². The fourth-order valence-corrected chi connectivity index (χ4v) is 4.59. The van der Waals surface area contributed by atoms with Crippen molar-refractivity contribution in [1.82, 2.24) is 0 Å². The Kier molecular flexibility index (Phi) is 5.16. The number of carbonyl (C=O) groups excluding carboxylic acids is 1. The molecule has 27 heavy (non-hydrogen) atoms. The van der Waals surface area contributed by atoms with E-state index < -0.39 is 0 Å². The van der Waals surface area contributed by atoms with Gasteiger partial charge in [0.25, 0.3) is 0 Å². The largest absolute Gasteiger partial charge is 0.462 e. The van der Waals surface area contributed by atoms with Crippen molar-refractivity contribution < 1.29 is 9.53 Å². The average Bonchev–Trinajstić information content (AvgIpc) is 3.15.